The number of hydrogen-bond donors (Lipinski definition) is 1. The van der Waals surface area contributed by atoms with Crippen molar-refractivity contribution < 1.29 is 0 Å². The summed E-state index contributed by atoms with van der Waals surface area (Å²) < 4.78 is 0. The third-order valence-electron chi connectivity index (χ3n) is 2.85. The molecule has 0 radical (unpaired) electrons. The van der Waals surface area contributed by atoms with Crippen LogP contribution in [-0.2, 0) is 6.42 Å². The molecule has 94 valence electrons. The molecule has 0 fully saturated rings. The first kappa shape index (κ1) is 13.3. The molecule has 0 aliphatic carbocycles. The van der Waals surface area contributed by atoms with E-state index >= 15 is 0 Å². The number of hydrogen-bond acceptors (Lipinski definition) is 1. The van der Waals surface area contributed by atoms with Gasteiger partial charge in [-0.05, 0) is 42.7 Å². The molecule has 1 nitrogen and oxygen atoms in total. The van der Waals surface area contributed by atoms with Crippen LogP contribution in [0, 0.1) is 6.92 Å². The molecule has 0 spiro atoms. The Morgan fingerprint density at radius 2 is 1.67 bits per heavy atom. The highest BCUT2D eigenvalue weighted by Crippen LogP contribution is 2.22. The van der Waals surface area contributed by atoms with Crippen LogP contribution in [0.2, 0.25) is 10.0 Å². The fourth-order valence-corrected chi connectivity index (χ4v) is 2.41. The van der Waals surface area contributed by atoms with E-state index in [1.165, 1.54) is 11.1 Å². The van der Waals surface area contributed by atoms with Crippen LogP contribution in [0.25, 0.3) is 0 Å². The van der Waals surface area contributed by atoms with Crippen LogP contribution >= 0.6 is 23.2 Å². The molecule has 2 rings (SSSR count). The summed E-state index contributed by atoms with van der Waals surface area (Å²) in [6.07, 6.45) is 0.983. The van der Waals surface area contributed by atoms with Crippen molar-refractivity contribution in [3.05, 3.63) is 63.6 Å². The zero-order valence-corrected chi connectivity index (χ0v) is 11.7. The maximum atomic E-state index is 5.95. The first-order chi connectivity index (χ1) is 8.65. The molecule has 18 heavy (non-hydrogen) atoms. The molecule has 0 heterocycles. The van der Waals surface area contributed by atoms with Crippen molar-refractivity contribution in [3.8, 4) is 0 Å². The third kappa shape index (κ3) is 3.66. The number of rotatable bonds is 4. The Labute approximate surface area is 118 Å². The molecule has 3 heteroatoms. The summed E-state index contributed by atoms with van der Waals surface area (Å²) in [5.74, 6) is 0. The zero-order valence-electron chi connectivity index (χ0n) is 10.2. The number of aryl methyl sites for hydroxylation is 1. The predicted octanol–water partition coefficient (Wildman–Crippen LogP) is 4.96. The third-order valence-corrected chi connectivity index (χ3v) is 3.28. The van der Waals surface area contributed by atoms with E-state index in [1.54, 1.807) is 6.07 Å². The first-order valence-corrected chi connectivity index (χ1v) is 6.65. The Hall–Kier alpha value is -1.18. The lowest BCUT2D eigenvalue weighted by atomic mass is 10.1. The monoisotopic (exact) mass is 279 g/mol. The maximum absolute atomic E-state index is 5.95. The molecule has 0 atom stereocenters. The number of benzene rings is 2. The summed E-state index contributed by atoms with van der Waals surface area (Å²) in [6.45, 7) is 2.99. The molecule has 0 aliphatic heterocycles. The standard InChI is InChI=1S/C15H15Cl2N/c1-11-4-2-3-5-12(11)6-7-18-15-9-13(16)8-14(17)10-15/h2-5,8-10,18H,6-7H2,1H3. The Kier molecular flexibility index (Phi) is 4.51. The van der Waals surface area contributed by atoms with E-state index < -0.39 is 0 Å². The smallest absolute Gasteiger partial charge is 0.0441 e. The van der Waals surface area contributed by atoms with E-state index in [1.807, 2.05) is 12.1 Å². The van der Waals surface area contributed by atoms with Crippen LogP contribution in [0.5, 0.6) is 0 Å². The van der Waals surface area contributed by atoms with Gasteiger partial charge in [0.05, 0.1) is 0 Å². The molecule has 0 saturated heterocycles. The summed E-state index contributed by atoms with van der Waals surface area (Å²) in [5, 5.41) is 4.64. The Balaban J connectivity index is 1.94. The van der Waals surface area contributed by atoms with Gasteiger partial charge in [-0.3, -0.25) is 0 Å². The lowest BCUT2D eigenvalue weighted by Gasteiger charge is -2.09. The average Bonchev–Trinajstić information content (AvgIpc) is 2.30. The fraction of sp³-hybridized carbons (Fsp3) is 0.200. The van der Waals surface area contributed by atoms with Crippen molar-refractivity contribution in [2.24, 2.45) is 0 Å². The van der Waals surface area contributed by atoms with Gasteiger partial charge in [-0.2, -0.15) is 0 Å². The maximum Gasteiger partial charge on any atom is 0.0441 e. The van der Waals surface area contributed by atoms with Gasteiger partial charge in [-0.15, -0.1) is 0 Å². The van der Waals surface area contributed by atoms with Crippen molar-refractivity contribution in [3.63, 3.8) is 0 Å². The van der Waals surface area contributed by atoms with E-state index in [4.69, 9.17) is 23.2 Å². The van der Waals surface area contributed by atoms with Crippen molar-refractivity contribution in [2.75, 3.05) is 11.9 Å². The van der Waals surface area contributed by atoms with Crippen LogP contribution in [0.15, 0.2) is 42.5 Å². The highest BCUT2D eigenvalue weighted by atomic mass is 35.5. The second-order valence-electron chi connectivity index (χ2n) is 4.26. The van der Waals surface area contributed by atoms with Gasteiger partial charge < -0.3 is 5.32 Å². The van der Waals surface area contributed by atoms with E-state index in [0.29, 0.717) is 10.0 Å². The van der Waals surface area contributed by atoms with Crippen molar-refractivity contribution in [2.45, 2.75) is 13.3 Å². The van der Waals surface area contributed by atoms with Gasteiger partial charge in [0.1, 0.15) is 0 Å². The first-order valence-electron chi connectivity index (χ1n) is 5.89. The van der Waals surface area contributed by atoms with Crippen LogP contribution in [-0.4, -0.2) is 6.54 Å². The zero-order chi connectivity index (χ0) is 13.0. The highest BCUT2D eigenvalue weighted by molar-refractivity contribution is 6.35. The van der Waals surface area contributed by atoms with Crippen molar-refractivity contribution in [1.82, 2.24) is 0 Å². The average molecular weight is 280 g/mol. The molecule has 1 N–H and O–H groups in total. The van der Waals surface area contributed by atoms with Crippen molar-refractivity contribution >= 4 is 28.9 Å². The van der Waals surface area contributed by atoms with Gasteiger partial charge in [0, 0.05) is 22.3 Å². The van der Waals surface area contributed by atoms with Crippen molar-refractivity contribution in [1.29, 1.82) is 0 Å². The summed E-state index contributed by atoms with van der Waals surface area (Å²) in [5.41, 5.74) is 3.64. The van der Waals surface area contributed by atoms with Gasteiger partial charge in [0.15, 0.2) is 0 Å². The molecule has 2 aromatic carbocycles. The van der Waals surface area contributed by atoms with Crippen LogP contribution in [0.1, 0.15) is 11.1 Å². The number of halogens is 2. The molecular formula is C15H15Cl2N. The van der Waals surface area contributed by atoms with Gasteiger partial charge >= 0.3 is 0 Å². The molecule has 0 amide bonds. The van der Waals surface area contributed by atoms with Crippen LogP contribution < -0.4 is 5.32 Å². The minimum Gasteiger partial charge on any atom is -0.385 e. The minimum absolute atomic E-state index is 0.654. The molecule has 0 saturated carbocycles. The molecule has 0 aliphatic rings. The second-order valence-corrected chi connectivity index (χ2v) is 5.13. The molecule has 0 aromatic heterocycles. The van der Waals surface area contributed by atoms with E-state index in [2.05, 4.69) is 36.5 Å². The Morgan fingerprint density at radius 3 is 2.33 bits per heavy atom. The Morgan fingerprint density at radius 1 is 1.00 bits per heavy atom. The summed E-state index contributed by atoms with van der Waals surface area (Å²) >= 11 is 11.9. The second kappa shape index (κ2) is 6.12. The number of nitrogens with one attached hydrogen (secondary N) is 1. The molecular weight excluding hydrogens is 265 g/mol. The van der Waals surface area contributed by atoms with Crippen LogP contribution in [0.4, 0.5) is 5.69 Å². The molecule has 2 aromatic rings. The lowest BCUT2D eigenvalue weighted by Crippen LogP contribution is -2.05. The lowest BCUT2D eigenvalue weighted by molar-refractivity contribution is 1.01. The fourth-order valence-electron chi connectivity index (χ4n) is 1.89. The number of anilines is 1. The van der Waals surface area contributed by atoms with E-state index in [-0.39, 0.29) is 0 Å². The Bertz CT molecular complexity index is 518. The normalized spacial score (nSPS) is 10.4. The largest absolute Gasteiger partial charge is 0.385 e. The van der Waals surface area contributed by atoms with Gasteiger partial charge in [-0.1, -0.05) is 47.5 Å². The quantitative estimate of drug-likeness (QED) is 0.835. The summed E-state index contributed by atoms with van der Waals surface area (Å²) in [4.78, 5) is 0. The highest BCUT2D eigenvalue weighted by Gasteiger charge is 1.99. The SMILES string of the molecule is Cc1ccccc1CCNc1cc(Cl)cc(Cl)c1. The molecule has 0 bridgehead atoms. The molecule has 0 unspecified atom stereocenters. The summed E-state index contributed by atoms with van der Waals surface area (Å²) in [6, 6.07) is 13.9. The van der Waals surface area contributed by atoms with E-state index in [0.717, 1.165) is 18.7 Å². The predicted molar refractivity (Wildman–Crippen MR) is 79.8 cm³/mol. The summed E-state index contributed by atoms with van der Waals surface area (Å²) in [7, 11) is 0. The van der Waals surface area contributed by atoms with Gasteiger partial charge in [-0.25, -0.2) is 0 Å². The van der Waals surface area contributed by atoms with E-state index in [9.17, 15) is 0 Å². The minimum atomic E-state index is 0.654. The topological polar surface area (TPSA) is 12.0 Å². The van der Waals surface area contributed by atoms with Gasteiger partial charge in [0.2, 0.25) is 0 Å². The van der Waals surface area contributed by atoms with Crippen LogP contribution in [0.3, 0.4) is 0 Å². The van der Waals surface area contributed by atoms with Gasteiger partial charge in [0.25, 0.3) is 0 Å².